The van der Waals surface area contributed by atoms with Crippen molar-refractivity contribution in [3.05, 3.63) is 61.5 Å². The molecule has 3 N–H and O–H groups in total. The Morgan fingerprint density at radius 2 is 1.97 bits per heavy atom. The predicted octanol–water partition coefficient (Wildman–Crippen LogP) is 2.91. The molecule has 9 heteroatoms. The first kappa shape index (κ1) is 19.6. The lowest BCUT2D eigenvalue weighted by atomic mass is 9.97. The monoisotopic (exact) mass is 430 g/mol. The van der Waals surface area contributed by atoms with Crippen LogP contribution in [0.5, 0.6) is 0 Å². The quantitative estimate of drug-likeness (QED) is 0.553. The number of carbonyl (C=O) groups is 2. The fraction of sp³-hybridized carbons (Fsp3) is 0.300. The van der Waals surface area contributed by atoms with Gasteiger partial charge in [0, 0.05) is 17.7 Å². The van der Waals surface area contributed by atoms with Gasteiger partial charge < -0.3 is 4.98 Å². The van der Waals surface area contributed by atoms with Crippen LogP contribution in [0, 0.1) is 0 Å². The van der Waals surface area contributed by atoms with E-state index in [4.69, 9.17) is 11.6 Å². The zero-order chi connectivity index (χ0) is 20.4. The highest BCUT2D eigenvalue weighted by molar-refractivity contribution is 7.18. The third-order valence-corrected chi connectivity index (χ3v) is 6.41. The summed E-state index contributed by atoms with van der Waals surface area (Å²) in [6.07, 6.45) is 4.50. The fourth-order valence-corrected chi connectivity index (χ4v) is 4.96. The summed E-state index contributed by atoms with van der Waals surface area (Å²) >= 11 is 7.54. The van der Waals surface area contributed by atoms with E-state index in [0.29, 0.717) is 16.2 Å². The SMILES string of the molecule is O=C(CCc1nc2sc3c(c2c(=O)[nH]1)CCCC3)NNC(=O)c1ccccc1Cl. The lowest BCUT2D eigenvalue weighted by Crippen LogP contribution is -2.41. The van der Waals surface area contributed by atoms with E-state index in [1.807, 2.05) is 0 Å². The predicted molar refractivity (Wildman–Crippen MR) is 112 cm³/mol. The average Bonchev–Trinajstić information content (AvgIpc) is 3.09. The molecule has 1 aliphatic rings. The van der Waals surface area contributed by atoms with Gasteiger partial charge in [-0.1, -0.05) is 23.7 Å². The summed E-state index contributed by atoms with van der Waals surface area (Å²) in [5, 5.41) is 0.998. The Morgan fingerprint density at radius 1 is 1.17 bits per heavy atom. The number of hydrogen-bond donors (Lipinski definition) is 3. The normalized spacial score (nSPS) is 13.1. The van der Waals surface area contributed by atoms with Crippen LogP contribution in [0.15, 0.2) is 29.1 Å². The number of amides is 2. The molecule has 4 rings (SSSR count). The molecule has 0 aliphatic heterocycles. The van der Waals surface area contributed by atoms with Gasteiger partial charge in [0.25, 0.3) is 11.5 Å². The number of nitrogens with one attached hydrogen (secondary N) is 3. The molecule has 1 aromatic carbocycles. The van der Waals surface area contributed by atoms with Gasteiger partial charge in [-0.15, -0.1) is 11.3 Å². The number of halogens is 1. The van der Waals surface area contributed by atoms with Crippen molar-refractivity contribution in [2.24, 2.45) is 0 Å². The van der Waals surface area contributed by atoms with Crippen molar-refractivity contribution < 1.29 is 9.59 Å². The zero-order valence-electron chi connectivity index (χ0n) is 15.5. The smallest absolute Gasteiger partial charge is 0.271 e. The Morgan fingerprint density at radius 3 is 2.79 bits per heavy atom. The number of aryl methyl sites for hydroxylation is 3. The van der Waals surface area contributed by atoms with Crippen LogP contribution in [0.2, 0.25) is 5.02 Å². The number of H-pyrrole nitrogens is 1. The maximum atomic E-state index is 12.5. The van der Waals surface area contributed by atoms with E-state index in [9.17, 15) is 14.4 Å². The van der Waals surface area contributed by atoms with Gasteiger partial charge in [-0.05, 0) is 43.4 Å². The largest absolute Gasteiger partial charge is 0.310 e. The van der Waals surface area contributed by atoms with Gasteiger partial charge in [-0.2, -0.15) is 0 Å². The number of aromatic amines is 1. The first-order valence-corrected chi connectivity index (χ1v) is 10.6. The van der Waals surface area contributed by atoms with Crippen molar-refractivity contribution in [1.82, 2.24) is 20.8 Å². The van der Waals surface area contributed by atoms with E-state index in [1.54, 1.807) is 35.6 Å². The molecule has 0 bridgehead atoms. The third kappa shape index (κ3) is 4.18. The van der Waals surface area contributed by atoms with Crippen LogP contribution in [0.4, 0.5) is 0 Å². The number of rotatable bonds is 4. The molecule has 0 spiro atoms. The van der Waals surface area contributed by atoms with Gasteiger partial charge >= 0.3 is 0 Å². The highest BCUT2D eigenvalue weighted by Gasteiger charge is 2.20. The topological polar surface area (TPSA) is 104 Å². The molecule has 29 heavy (non-hydrogen) atoms. The maximum absolute atomic E-state index is 12.5. The Hall–Kier alpha value is -2.71. The minimum Gasteiger partial charge on any atom is -0.310 e. The van der Waals surface area contributed by atoms with Gasteiger partial charge in [-0.3, -0.25) is 25.2 Å². The number of hydrazine groups is 1. The first-order valence-electron chi connectivity index (χ1n) is 9.40. The number of hydrogen-bond acceptors (Lipinski definition) is 5. The van der Waals surface area contributed by atoms with Crippen molar-refractivity contribution >= 4 is 45.0 Å². The second-order valence-electron chi connectivity index (χ2n) is 6.89. The third-order valence-electron chi connectivity index (χ3n) is 4.90. The van der Waals surface area contributed by atoms with Crippen molar-refractivity contribution in [3.8, 4) is 0 Å². The molecule has 0 saturated carbocycles. The maximum Gasteiger partial charge on any atom is 0.271 e. The minimum atomic E-state index is -0.499. The van der Waals surface area contributed by atoms with E-state index in [1.165, 1.54) is 4.88 Å². The summed E-state index contributed by atoms with van der Waals surface area (Å²) in [6.45, 7) is 0. The standard InChI is InChI=1S/C20H19ClN4O3S/c21-13-7-3-1-5-11(13)18(27)25-24-16(26)10-9-15-22-19(28)17-12-6-2-4-8-14(12)29-20(17)23-15/h1,3,5,7H,2,4,6,8-10H2,(H,24,26)(H,25,27)(H,22,23,28). The second-order valence-corrected chi connectivity index (χ2v) is 8.38. The van der Waals surface area contributed by atoms with Crippen molar-refractivity contribution in [1.29, 1.82) is 0 Å². The molecular formula is C20H19ClN4O3S. The number of aromatic nitrogens is 2. The van der Waals surface area contributed by atoms with Gasteiger partial charge in [0.05, 0.1) is 16.0 Å². The highest BCUT2D eigenvalue weighted by atomic mass is 35.5. The molecule has 0 saturated heterocycles. The molecule has 0 fully saturated rings. The molecule has 3 aromatic rings. The van der Waals surface area contributed by atoms with Gasteiger partial charge in [0.1, 0.15) is 10.7 Å². The molecule has 2 aromatic heterocycles. The number of benzene rings is 1. The van der Waals surface area contributed by atoms with Crippen LogP contribution in [0.25, 0.3) is 10.2 Å². The molecule has 2 heterocycles. The molecule has 0 atom stereocenters. The zero-order valence-corrected chi connectivity index (χ0v) is 17.1. The molecule has 0 radical (unpaired) electrons. The van der Waals surface area contributed by atoms with Gasteiger partial charge in [0.15, 0.2) is 0 Å². The fourth-order valence-electron chi connectivity index (χ4n) is 3.46. The highest BCUT2D eigenvalue weighted by Crippen LogP contribution is 2.33. The summed E-state index contributed by atoms with van der Waals surface area (Å²) in [4.78, 5) is 46.0. The lowest BCUT2D eigenvalue weighted by Gasteiger charge is -2.09. The van der Waals surface area contributed by atoms with Crippen LogP contribution in [0.1, 0.15) is 45.9 Å². The Labute approximate surface area is 175 Å². The average molecular weight is 431 g/mol. The number of nitrogens with zero attached hydrogens (tertiary/aromatic N) is 1. The van der Waals surface area contributed by atoms with Crippen LogP contribution in [-0.2, 0) is 24.1 Å². The summed E-state index contributed by atoms with van der Waals surface area (Å²) in [5.74, 6) is -0.423. The van der Waals surface area contributed by atoms with Crippen molar-refractivity contribution in [2.75, 3.05) is 0 Å². The Balaban J connectivity index is 1.38. The van der Waals surface area contributed by atoms with E-state index >= 15 is 0 Å². The van der Waals surface area contributed by atoms with Crippen LogP contribution in [-0.4, -0.2) is 21.8 Å². The minimum absolute atomic E-state index is 0.0718. The molecule has 1 aliphatic carbocycles. The lowest BCUT2D eigenvalue weighted by molar-refractivity contribution is -0.121. The van der Waals surface area contributed by atoms with Crippen LogP contribution < -0.4 is 16.4 Å². The summed E-state index contributed by atoms with van der Waals surface area (Å²) in [7, 11) is 0. The van der Waals surface area contributed by atoms with Gasteiger partial charge in [0.2, 0.25) is 5.91 Å². The summed E-state index contributed by atoms with van der Waals surface area (Å²) in [6, 6.07) is 6.56. The molecule has 2 amide bonds. The van der Waals surface area contributed by atoms with Gasteiger partial charge in [-0.25, -0.2) is 4.98 Å². The Kier molecular flexibility index (Phi) is 5.64. The van der Waals surface area contributed by atoms with Crippen LogP contribution in [0.3, 0.4) is 0 Å². The Bertz CT molecular complexity index is 1150. The number of fused-ring (bicyclic) bond motifs is 3. The van der Waals surface area contributed by atoms with E-state index in [2.05, 4.69) is 20.8 Å². The van der Waals surface area contributed by atoms with Crippen LogP contribution >= 0.6 is 22.9 Å². The number of thiophene rings is 1. The van der Waals surface area contributed by atoms with Crippen molar-refractivity contribution in [3.63, 3.8) is 0 Å². The van der Waals surface area contributed by atoms with E-state index in [-0.39, 0.29) is 24.0 Å². The van der Waals surface area contributed by atoms with E-state index in [0.717, 1.165) is 36.1 Å². The molecular weight excluding hydrogens is 412 g/mol. The summed E-state index contributed by atoms with van der Waals surface area (Å²) < 4.78 is 0. The molecule has 150 valence electrons. The number of carbonyl (C=O) groups excluding carboxylic acids is 2. The summed E-state index contributed by atoms with van der Waals surface area (Å²) in [5.41, 5.74) is 5.96. The second kappa shape index (κ2) is 8.34. The van der Waals surface area contributed by atoms with Crippen molar-refractivity contribution in [2.45, 2.75) is 38.5 Å². The van der Waals surface area contributed by atoms with E-state index < -0.39 is 11.8 Å². The molecule has 0 unspecified atom stereocenters. The molecule has 7 nitrogen and oxygen atoms in total. The first-order chi connectivity index (χ1) is 14.0.